The van der Waals surface area contributed by atoms with E-state index in [1.54, 1.807) is 12.1 Å². The fourth-order valence-electron chi connectivity index (χ4n) is 1.70. The largest absolute Gasteiger partial charge is 0.392 e. The number of aliphatic hydroxyl groups excluding tert-OH is 1. The van der Waals surface area contributed by atoms with Gasteiger partial charge in [0.05, 0.1) is 11.5 Å². The molecule has 0 aromatic heterocycles. The van der Waals surface area contributed by atoms with Crippen LogP contribution in [-0.4, -0.2) is 20.1 Å². The Balaban J connectivity index is 2.67. The van der Waals surface area contributed by atoms with Crippen molar-refractivity contribution in [1.82, 2.24) is 4.72 Å². The normalized spacial score (nSPS) is 11.7. The van der Waals surface area contributed by atoms with Gasteiger partial charge in [0.25, 0.3) is 0 Å². The van der Waals surface area contributed by atoms with Crippen molar-refractivity contribution in [2.75, 3.05) is 6.54 Å². The Morgan fingerprint density at radius 2 is 2.00 bits per heavy atom. The first-order valence-electron chi connectivity index (χ1n) is 6.40. The van der Waals surface area contributed by atoms with Crippen LogP contribution >= 0.6 is 15.9 Å². The van der Waals surface area contributed by atoms with E-state index in [1.807, 2.05) is 0 Å². The van der Waals surface area contributed by atoms with Gasteiger partial charge in [0.15, 0.2) is 0 Å². The fourth-order valence-corrected chi connectivity index (χ4v) is 3.89. The van der Waals surface area contributed by atoms with Gasteiger partial charge in [0.1, 0.15) is 0 Å². The summed E-state index contributed by atoms with van der Waals surface area (Å²) in [4.78, 5) is 0.209. The maximum atomic E-state index is 12.1. The van der Waals surface area contributed by atoms with Gasteiger partial charge in [0.2, 0.25) is 10.0 Å². The number of hydrogen-bond donors (Lipinski definition) is 2. The molecule has 6 heteroatoms. The SMILES string of the molecule is CCCCCCNS(=O)(=O)c1ccc(CO)cc1Br. The molecule has 108 valence electrons. The summed E-state index contributed by atoms with van der Waals surface area (Å²) >= 11 is 3.23. The standard InChI is InChI=1S/C13H20BrNO3S/c1-2-3-4-5-8-15-19(17,18)13-7-6-11(10-16)9-12(13)14/h6-7,9,15-16H,2-5,8,10H2,1H3. The second kappa shape index (κ2) is 7.99. The lowest BCUT2D eigenvalue weighted by atomic mass is 10.2. The van der Waals surface area contributed by atoms with Gasteiger partial charge in [-0.2, -0.15) is 0 Å². The van der Waals surface area contributed by atoms with E-state index in [0.29, 0.717) is 16.6 Å². The Bertz CT molecular complexity index is 503. The molecule has 0 amide bonds. The molecule has 0 bridgehead atoms. The molecule has 1 aromatic carbocycles. The van der Waals surface area contributed by atoms with Gasteiger partial charge >= 0.3 is 0 Å². The topological polar surface area (TPSA) is 66.4 Å². The van der Waals surface area contributed by atoms with Gasteiger partial charge in [0, 0.05) is 11.0 Å². The first-order chi connectivity index (χ1) is 9.01. The molecule has 0 aliphatic heterocycles. The van der Waals surface area contributed by atoms with Gasteiger partial charge in [-0.1, -0.05) is 32.3 Å². The predicted molar refractivity (Wildman–Crippen MR) is 79.4 cm³/mol. The van der Waals surface area contributed by atoms with Crippen LogP contribution in [0.15, 0.2) is 27.6 Å². The summed E-state index contributed by atoms with van der Waals surface area (Å²) in [5, 5.41) is 8.99. The van der Waals surface area contributed by atoms with E-state index in [-0.39, 0.29) is 11.5 Å². The summed E-state index contributed by atoms with van der Waals surface area (Å²) < 4.78 is 27.2. The monoisotopic (exact) mass is 349 g/mol. The van der Waals surface area contributed by atoms with Gasteiger partial charge in [-0.05, 0) is 40.0 Å². The molecular formula is C13H20BrNO3S. The van der Waals surface area contributed by atoms with E-state index in [2.05, 4.69) is 27.6 Å². The minimum absolute atomic E-state index is 0.108. The smallest absolute Gasteiger partial charge is 0.241 e. The van der Waals surface area contributed by atoms with E-state index < -0.39 is 10.0 Å². The second-order valence-corrected chi connectivity index (χ2v) is 6.97. The summed E-state index contributed by atoms with van der Waals surface area (Å²) in [5.41, 5.74) is 0.675. The molecule has 0 saturated heterocycles. The van der Waals surface area contributed by atoms with Crippen molar-refractivity contribution < 1.29 is 13.5 Å². The third-order valence-electron chi connectivity index (χ3n) is 2.79. The van der Waals surface area contributed by atoms with Crippen LogP contribution in [0.2, 0.25) is 0 Å². The van der Waals surface area contributed by atoms with Gasteiger partial charge < -0.3 is 5.11 Å². The predicted octanol–water partition coefficient (Wildman–Crippen LogP) is 2.80. The lowest BCUT2D eigenvalue weighted by Gasteiger charge is -2.09. The quantitative estimate of drug-likeness (QED) is 0.709. The highest BCUT2D eigenvalue weighted by atomic mass is 79.9. The Kier molecular flexibility index (Phi) is 6.99. The number of nitrogens with one attached hydrogen (secondary N) is 1. The number of rotatable bonds is 8. The summed E-state index contributed by atoms with van der Waals surface area (Å²) in [7, 11) is -3.48. The lowest BCUT2D eigenvalue weighted by molar-refractivity contribution is 0.281. The minimum atomic E-state index is -3.48. The number of unbranched alkanes of at least 4 members (excludes halogenated alkanes) is 3. The van der Waals surface area contributed by atoms with Gasteiger partial charge in [-0.25, -0.2) is 13.1 Å². The fraction of sp³-hybridized carbons (Fsp3) is 0.538. The number of hydrogen-bond acceptors (Lipinski definition) is 3. The van der Waals surface area contributed by atoms with E-state index in [0.717, 1.165) is 25.7 Å². The number of benzene rings is 1. The third-order valence-corrected chi connectivity index (χ3v) is 5.23. The molecule has 0 unspecified atom stereocenters. The number of halogens is 1. The van der Waals surface area contributed by atoms with Crippen LogP contribution in [0.3, 0.4) is 0 Å². The van der Waals surface area contributed by atoms with Crippen molar-refractivity contribution >= 4 is 26.0 Å². The highest BCUT2D eigenvalue weighted by molar-refractivity contribution is 9.10. The summed E-state index contributed by atoms with van der Waals surface area (Å²) in [6, 6.07) is 4.73. The first-order valence-corrected chi connectivity index (χ1v) is 8.68. The summed E-state index contributed by atoms with van der Waals surface area (Å²) in [6.07, 6.45) is 4.13. The van der Waals surface area contributed by atoms with Crippen LogP contribution in [0.4, 0.5) is 0 Å². The Morgan fingerprint density at radius 1 is 1.26 bits per heavy atom. The third kappa shape index (κ3) is 5.22. The molecular weight excluding hydrogens is 330 g/mol. The van der Waals surface area contributed by atoms with Crippen LogP contribution in [0.5, 0.6) is 0 Å². The van der Waals surface area contributed by atoms with Gasteiger partial charge in [-0.3, -0.25) is 0 Å². The van der Waals surface area contributed by atoms with Crippen LogP contribution in [-0.2, 0) is 16.6 Å². The number of sulfonamides is 1. The Morgan fingerprint density at radius 3 is 2.58 bits per heavy atom. The molecule has 0 fully saturated rings. The molecule has 1 rings (SSSR count). The van der Waals surface area contributed by atoms with E-state index in [4.69, 9.17) is 5.11 Å². The molecule has 0 aliphatic rings. The first kappa shape index (κ1) is 16.6. The van der Waals surface area contributed by atoms with Gasteiger partial charge in [-0.15, -0.1) is 0 Å². The van der Waals surface area contributed by atoms with Crippen LogP contribution in [0.25, 0.3) is 0 Å². The molecule has 0 atom stereocenters. The molecule has 2 N–H and O–H groups in total. The molecule has 0 radical (unpaired) electrons. The average molecular weight is 350 g/mol. The molecule has 4 nitrogen and oxygen atoms in total. The van der Waals surface area contributed by atoms with E-state index in [9.17, 15) is 8.42 Å². The zero-order valence-corrected chi connectivity index (χ0v) is 13.4. The van der Waals surface area contributed by atoms with Crippen molar-refractivity contribution in [3.05, 3.63) is 28.2 Å². The van der Waals surface area contributed by atoms with Crippen molar-refractivity contribution in [3.63, 3.8) is 0 Å². The molecule has 0 saturated carbocycles. The minimum Gasteiger partial charge on any atom is -0.392 e. The number of aliphatic hydroxyl groups is 1. The van der Waals surface area contributed by atoms with E-state index >= 15 is 0 Å². The average Bonchev–Trinajstić information content (AvgIpc) is 2.37. The Hall–Kier alpha value is -0.430. The maximum absolute atomic E-state index is 12.1. The highest BCUT2D eigenvalue weighted by Gasteiger charge is 2.16. The van der Waals surface area contributed by atoms with Crippen molar-refractivity contribution in [3.8, 4) is 0 Å². The van der Waals surface area contributed by atoms with Crippen LogP contribution in [0.1, 0.15) is 38.2 Å². The molecule has 0 spiro atoms. The molecule has 19 heavy (non-hydrogen) atoms. The van der Waals surface area contributed by atoms with Crippen LogP contribution in [0, 0.1) is 0 Å². The maximum Gasteiger partial charge on any atom is 0.241 e. The second-order valence-electron chi connectivity index (χ2n) is 4.38. The molecule has 0 aliphatic carbocycles. The Labute approximate surface area is 123 Å². The van der Waals surface area contributed by atoms with E-state index in [1.165, 1.54) is 6.07 Å². The zero-order valence-electron chi connectivity index (χ0n) is 11.0. The summed E-state index contributed by atoms with van der Waals surface area (Å²) in [5.74, 6) is 0. The van der Waals surface area contributed by atoms with Crippen molar-refractivity contribution in [2.24, 2.45) is 0 Å². The molecule has 1 aromatic rings. The van der Waals surface area contributed by atoms with Crippen molar-refractivity contribution in [1.29, 1.82) is 0 Å². The highest BCUT2D eigenvalue weighted by Crippen LogP contribution is 2.23. The lowest BCUT2D eigenvalue weighted by Crippen LogP contribution is -2.25. The summed E-state index contributed by atoms with van der Waals surface area (Å²) in [6.45, 7) is 2.46. The van der Waals surface area contributed by atoms with Crippen LogP contribution < -0.4 is 4.72 Å². The van der Waals surface area contributed by atoms with Crippen molar-refractivity contribution in [2.45, 2.75) is 44.1 Å². The zero-order chi connectivity index (χ0) is 14.3. The molecule has 0 heterocycles.